The van der Waals surface area contributed by atoms with Gasteiger partial charge in [0.15, 0.2) is 0 Å². The van der Waals surface area contributed by atoms with Crippen molar-refractivity contribution in [3.05, 3.63) is 42.7 Å². The summed E-state index contributed by atoms with van der Waals surface area (Å²) in [6.45, 7) is 3.52. The SMILES string of the molecule is C=CCC(C(=O)O)c1cccnc1. The molecule has 1 unspecified atom stereocenters. The van der Waals surface area contributed by atoms with Gasteiger partial charge in [0.05, 0.1) is 5.92 Å². The summed E-state index contributed by atoms with van der Waals surface area (Å²) < 4.78 is 0. The van der Waals surface area contributed by atoms with Crippen LogP contribution in [0.5, 0.6) is 0 Å². The first-order valence-corrected chi connectivity index (χ1v) is 3.99. The van der Waals surface area contributed by atoms with Gasteiger partial charge in [0, 0.05) is 12.4 Å². The standard InChI is InChI=1S/C10H11NO2/c1-2-4-9(10(12)13)8-5-3-6-11-7-8/h2-3,5-7,9H,1,4H2,(H,12,13). The van der Waals surface area contributed by atoms with Gasteiger partial charge in [0.25, 0.3) is 0 Å². The Bertz CT molecular complexity index is 295. The van der Waals surface area contributed by atoms with Gasteiger partial charge in [-0.2, -0.15) is 0 Å². The highest BCUT2D eigenvalue weighted by atomic mass is 16.4. The molecule has 0 saturated carbocycles. The number of carboxylic acid groups (broad SMARTS) is 1. The Balaban J connectivity index is 2.88. The summed E-state index contributed by atoms with van der Waals surface area (Å²) in [5.74, 6) is -1.36. The van der Waals surface area contributed by atoms with E-state index in [9.17, 15) is 4.79 Å². The Labute approximate surface area is 76.7 Å². The number of hydrogen-bond donors (Lipinski definition) is 1. The van der Waals surface area contributed by atoms with Gasteiger partial charge in [-0.3, -0.25) is 9.78 Å². The van der Waals surface area contributed by atoms with Gasteiger partial charge in [0.2, 0.25) is 0 Å². The van der Waals surface area contributed by atoms with Gasteiger partial charge >= 0.3 is 5.97 Å². The highest BCUT2D eigenvalue weighted by Gasteiger charge is 2.17. The highest BCUT2D eigenvalue weighted by molar-refractivity contribution is 5.76. The van der Waals surface area contributed by atoms with Crippen LogP contribution in [0.3, 0.4) is 0 Å². The molecule has 1 aromatic rings. The van der Waals surface area contributed by atoms with Crippen LogP contribution in [-0.4, -0.2) is 16.1 Å². The maximum Gasteiger partial charge on any atom is 0.311 e. The van der Waals surface area contributed by atoms with E-state index in [1.807, 2.05) is 0 Å². The van der Waals surface area contributed by atoms with Crippen LogP contribution in [0.1, 0.15) is 17.9 Å². The van der Waals surface area contributed by atoms with Crippen LogP contribution in [-0.2, 0) is 4.79 Å². The maximum absolute atomic E-state index is 10.8. The molecule has 1 heterocycles. The average molecular weight is 177 g/mol. The number of aliphatic carboxylic acids is 1. The number of carboxylic acids is 1. The molecule has 1 N–H and O–H groups in total. The van der Waals surface area contributed by atoms with Gasteiger partial charge in [-0.25, -0.2) is 0 Å². The largest absolute Gasteiger partial charge is 0.481 e. The fraction of sp³-hybridized carbons (Fsp3) is 0.200. The maximum atomic E-state index is 10.8. The predicted octanol–water partition coefficient (Wildman–Crippen LogP) is 1.83. The minimum Gasteiger partial charge on any atom is -0.481 e. The molecule has 0 aliphatic carbocycles. The molecule has 0 amide bonds. The lowest BCUT2D eigenvalue weighted by Crippen LogP contribution is -2.10. The lowest BCUT2D eigenvalue weighted by atomic mass is 9.98. The quantitative estimate of drug-likeness (QED) is 0.714. The second kappa shape index (κ2) is 4.40. The second-order valence-corrected chi connectivity index (χ2v) is 2.70. The van der Waals surface area contributed by atoms with Crippen molar-refractivity contribution in [1.82, 2.24) is 4.98 Å². The van der Waals surface area contributed by atoms with Crippen LogP contribution in [0.4, 0.5) is 0 Å². The zero-order chi connectivity index (χ0) is 9.68. The van der Waals surface area contributed by atoms with Crippen molar-refractivity contribution in [3.8, 4) is 0 Å². The Hall–Kier alpha value is -1.64. The fourth-order valence-electron chi connectivity index (χ4n) is 1.13. The van der Waals surface area contributed by atoms with Crippen molar-refractivity contribution in [3.63, 3.8) is 0 Å². The average Bonchev–Trinajstić information content (AvgIpc) is 2.15. The molecule has 0 radical (unpaired) electrons. The molecule has 0 spiro atoms. The Morgan fingerprint density at radius 2 is 2.54 bits per heavy atom. The van der Waals surface area contributed by atoms with E-state index >= 15 is 0 Å². The molecule has 68 valence electrons. The molecule has 13 heavy (non-hydrogen) atoms. The molecule has 1 rings (SSSR count). The minimum atomic E-state index is -0.840. The van der Waals surface area contributed by atoms with Gasteiger partial charge in [0.1, 0.15) is 0 Å². The second-order valence-electron chi connectivity index (χ2n) is 2.70. The molecule has 3 nitrogen and oxygen atoms in total. The van der Waals surface area contributed by atoms with Gasteiger partial charge in [-0.15, -0.1) is 6.58 Å². The zero-order valence-electron chi connectivity index (χ0n) is 7.18. The van der Waals surface area contributed by atoms with Crippen molar-refractivity contribution in [2.45, 2.75) is 12.3 Å². The van der Waals surface area contributed by atoms with Crippen LogP contribution in [0.25, 0.3) is 0 Å². The monoisotopic (exact) mass is 177 g/mol. The number of nitrogens with zero attached hydrogens (tertiary/aromatic N) is 1. The molecule has 3 heteroatoms. The first-order valence-electron chi connectivity index (χ1n) is 3.99. The number of hydrogen-bond acceptors (Lipinski definition) is 2. The van der Waals surface area contributed by atoms with Crippen LogP contribution in [0.15, 0.2) is 37.2 Å². The van der Waals surface area contributed by atoms with Crippen molar-refractivity contribution in [2.75, 3.05) is 0 Å². The van der Waals surface area contributed by atoms with Crippen molar-refractivity contribution in [1.29, 1.82) is 0 Å². The lowest BCUT2D eigenvalue weighted by Gasteiger charge is -2.08. The van der Waals surface area contributed by atoms with E-state index in [2.05, 4.69) is 11.6 Å². The van der Waals surface area contributed by atoms with Crippen LogP contribution >= 0.6 is 0 Å². The first-order chi connectivity index (χ1) is 6.25. The Morgan fingerprint density at radius 3 is 3.00 bits per heavy atom. The van der Waals surface area contributed by atoms with Crippen molar-refractivity contribution in [2.24, 2.45) is 0 Å². The number of allylic oxidation sites excluding steroid dienone is 1. The first kappa shape index (κ1) is 9.45. The molecule has 0 saturated heterocycles. The number of aromatic nitrogens is 1. The van der Waals surface area contributed by atoms with E-state index in [0.717, 1.165) is 5.56 Å². The molecule has 0 aromatic carbocycles. The van der Waals surface area contributed by atoms with Crippen LogP contribution < -0.4 is 0 Å². The molecule has 1 aromatic heterocycles. The summed E-state index contributed by atoms with van der Waals surface area (Å²) in [5, 5.41) is 8.88. The van der Waals surface area contributed by atoms with E-state index in [1.165, 1.54) is 0 Å². The minimum absolute atomic E-state index is 0.432. The summed E-state index contributed by atoms with van der Waals surface area (Å²) in [4.78, 5) is 14.7. The van der Waals surface area contributed by atoms with Gasteiger partial charge in [-0.05, 0) is 18.1 Å². The summed E-state index contributed by atoms with van der Waals surface area (Å²) in [5.41, 5.74) is 0.718. The fourth-order valence-corrected chi connectivity index (χ4v) is 1.13. The van der Waals surface area contributed by atoms with Crippen molar-refractivity contribution >= 4 is 5.97 Å². The van der Waals surface area contributed by atoms with E-state index < -0.39 is 11.9 Å². The van der Waals surface area contributed by atoms with E-state index in [4.69, 9.17) is 5.11 Å². The van der Waals surface area contributed by atoms with E-state index in [-0.39, 0.29) is 0 Å². The molecule has 0 aliphatic rings. The lowest BCUT2D eigenvalue weighted by molar-refractivity contribution is -0.138. The van der Waals surface area contributed by atoms with Crippen LogP contribution in [0, 0.1) is 0 Å². The molecular weight excluding hydrogens is 166 g/mol. The third-order valence-electron chi connectivity index (χ3n) is 1.79. The molecule has 0 fully saturated rings. The zero-order valence-corrected chi connectivity index (χ0v) is 7.18. The smallest absolute Gasteiger partial charge is 0.311 e. The molecule has 0 aliphatic heterocycles. The topological polar surface area (TPSA) is 50.2 Å². The molecule has 0 bridgehead atoms. The summed E-state index contributed by atoms with van der Waals surface area (Å²) in [6.07, 6.45) is 5.23. The third-order valence-corrected chi connectivity index (χ3v) is 1.79. The normalized spacial score (nSPS) is 12.0. The predicted molar refractivity (Wildman–Crippen MR) is 49.4 cm³/mol. The highest BCUT2D eigenvalue weighted by Crippen LogP contribution is 2.18. The number of pyridine rings is 1. The van der Waals surface area contributed by atoms with Crippen LogP contribution in [0.2, 0.25) is 0 Å². The van der Waals surface area contributed by atoms with Crippen molar-refractivity contribution < 1.29 is 9.90 Å². The number of carbonyl (C=O) groups is 1. The number of rotatable bonds is 4. The summed E-state index contributed by atoms with van der Waals surface area (Å²) in [6, 6.07) is 3.49. The summed E-state index contributed by atoms with van der Waals surface area (Å²) in [7, 11) is 0. The summed E-state index contributed by atoms with van der Waals surface area (Å²) >= 11 is 0. The third kappa shape index (κ3) is 2.40. The Kier molecular flexibility index (Phi) is 3.20. The molecular formula is C10H11NO2. The molecule has 1 atom stereocenters. The Morgan fingerprint density at radius 1 is 1.77 bits per heavy atom. The van der Waals surface area contributed by atoms with Gasteiger partial charge in [-0.1, -0.05) is 12.1 Å². The van der Waals surface area contributed by atoms with E-state index in [0.29, 0.717) is 6.42 Å². The van der Waals surface area contributed by atoms with Gasteiger partial charge < -0.3 is 5.11 Å². The van der Waals surface area contributed by atoms with E-state index in [1.54, 1.807) is 30.6 Å².